The van der Waals surface area contributed by atoms with Crippen molar-refractivity contribution in [1.29, 1.82) is 0 Å². The highest BCUT2D eigenvalue weighted by atomic mass is 32.2. The van der Waals surface area contributed by atoms with E-state index in [-0.39, 0.29) is 34.3 Å². The van der Waals surface area contributed by atoms with Gasteiger partial charge in [0.05, 0.1) is 10.6 Å². The number of benzene rings is 2. The Hall–Kier alpha value is -2.91. The van der Waals surface area contributed by atoms with Crippen LogP contribution in [0.3, 0.4) is 0 Å². The number of Topliss-reactive ketones (excluding diaryl/α,β-unsaturated/α-hetero) is 1. The lowest BCUT2D eigenvalue weighted by atomic mass is 10.1. The van der Waals surface area contributed by atoms with Crippen molar-refractivity contribution in [3.63, 3.8) is 0 Å². The average Bonchev–Trinajstić information content (AvgIpc) is 3.21. The number of sulfonamides is 1. The third-order valence-corrected chi connectivity index (χ3v) is 7.08. The van der Waals surface area contributed by atoms with Crippen molar-refractivity contribution >= 4 is 27.4 Å². The van der Waals surface area contributed by atoms with E-state index in [1.165, 1.54) is 47.6 Å². The van der Waals surface area contributed by atoms with E-state index in [0.29, 0.717) is 24.6 Å². The van der Waals surface area contributed by atoms with Crippen molar-refractivity contribution in [2.24, 2.45) is 0 Å². The molecule has 1 N–H and O–H groups in total. The van der Waals surface area contributed by atoms with Crippen LogP contribution in [0.15, 0.2) is 41.3 Å². The first kappa shape index (κ1) is 20.4. The summed E-state index contributed by atoms with van der Waals surface area (Å²) in [6, 6.07) is 8.98. The largest absolute Gasteiger partial charge is 0.454 e. The first-order valence-corrected chi connectivity index (χ1v) is 11.2. The normalized spacial score (nSPS) is 16.3. The zero-order valence-electron chi connectivity index (χ0n) is 16.5. The van der Waals surface area contributed by atoms with Crippen LogP contribution in [0.5, 0.6) is 11.5 Å². The molecule has 158 valence electrons. The summed E-state index contributed by atoms with van der Waals surface area (Å²) in [7, 11) is -3.66. The van der Waals surface area contributed by atoms with E-state index in [0.717, 1.165) is 19.3 Å². The van der Waals surface area contributed by atoms with Crippen molar-refractivity contribution in [2.75, 3.05) is 25.2 Å². The Labute approximate surface area is 174 Å². The third-order valence-electron chi connectivity index (χ3n) is 5.19. The van der Waals surface area contributed by atoms with Gasteiger partial charge in [-0.05, 0) is 44.0 Å². The van der Waals surface area contributed by atoms with Crippen LogP contribution < -0.4 is 14.8 Å². The second kappa shape index (κ2) is 8.08. The molecular formula is C21H22N2O6S. The quantitative estimate of drug-likeness (QED) is 0.732. The molecule has 0 unspecified atom stereocenters. The maximum atomic E-state index is 12.9. The molecule has 30 heavy (non-hydrogen) atoms. The van der Waals surface area contributed by atoms with Crippen molar-refractivity contribution in [3.8, 4) is 11.5 Å². The minimum Gasteiger partial charge on any atom is -0.454 e. The van der Waals surface area contributed by atoms with Gasteiger partial charge in [-0.2, -0.15) is 4.31 Å². The van der Waals surface area contributed by atoms with Gasteiger partial charge in [0.25, 0.3) is 5.91 Å². The van der Waals surface area contributed by atoms with Crippen LogP contribution in [0.25, 0.3) is 0 Å². The topological polar surface area (TPSA) is 102 Å². The van der Waals surface area contributed by atoms with Crippen LogP contribution in [0.4, 0.5) is 5.69 Å². The van der Waals surface area contributed by atoms with Crippen LogP contribution in [-0.4, -0.2) is 44.3 Å². The number of carbonyl (C=O) groups is 2. The standard InChI is InChI=1S/C21H22N2O6S/c1-14(24)17-11-19-20(29-13-28-19)12-18(17)22-21(25)15-6-5-7-16(10-15)30(26,27)23-8-3-2-4-9-23/h5-7,10-12H,2-4,8-9,13H2,1H3,(H,22,25). The average molecular weight is 430 g/mol. The zero-order chi connectivity index (χ0) is 21.3. The minimum absolute atomic E-state index is 0.0421. The second-order valence-corrected chi connectivity index (χ2v) is 9.19. The molecule has 4 rings (SSSR count). The number of hydrogen-bond donors (Lipinski definition) is 1. The second-order valence-electron chi connectivity index (χ2n) is 7.25. The summed E-state index contributed by atoms with van der Waals surface area (Å²) < 4.78 is 37.9. The molecule has 0 aromatic heterocycles. The molecule has 0 bridgehead atoms. The molecule has 0 saturated carbocycles. The van der Waals surface area contributed by atoms with Gasteiger partial charge in [-0.1, -0.05) is 12.5 Å². The molecule has 0 radical (unpaired) electrons. The highest BCUT2D eigenvalue weighted by Crippen LogP contribution is 2.37. The predicted molar refractivity (Wildman–Crippen MR) is 110 cm³/mol. The molecular weight excluding hydrogens is 408 g/mol. The van der Waals surface area contributed by atoms with Crippen molar-refractivity contribution in [3.05, 3.63) is 47.5 Å². The molecule has 8 nitrogen and oxygen atoms in total. The Morgan fingerprint density at radius 1 is 1.00 bits per heavy atom. The molecule has 9 heteroatoms. The lowest BCUT2D eigenvalue weighted by molar-refractivity contribution is 0.101. The van der Waals surface area contributed by atoms with Crippen molar-refractivity contribution in [1.82, 2.24) is 4.31 Å². The van der Waals surface area contributed by atoms with Crippen LogP contribution in [0.1, 0.15) is 46.9 Å². The Morgan fingerprint density at radius 2 is 1.70 bits per heavy atom. The summed E-state index contributed by atoms with van der Waals surface area (Å²) in [6.45, 7) is 2.40. The van der Waals surface area contributed by atoms with Crippen molar-refractivity contribution in [2.45, 2.75) is 31.1 Å². The molecule has 1 amide bonds. The number of fused-ring (bicyclic) bond motifs is 1. The molecule has 0 spiro atoms. The molecule has 2 heterocycles. The third kappa shape index (κ3) is 3.90. The van der Waals surface area contributed by atoms with E-state index in [1.807, 2.05) is 0 Å². The minimum atomic E-state index is -3.66. The van der Waals surface area contributed by atoms with E-state index in [1.54, 1.807) is 0 Å². The van der Waals surface area contributed by atoms with Gasteiger partial charge in [0.1, 0.15) is 0 Å². The number of rotatable bonds is 5. The Balaban J connectivity index is 1.61. The fourth-order valence-electron chi connectivity index (χ4n) is 3.58. The van der Waals surface area contributed by atoms with Gasteiger partial charge in [0, 0.05) is 30.3 Å². The molecule has 1 fully saturated rings. The van der Waals surface area contributed by atoms with E-state index >= 15 is 0 Å². The SMILES string of the molecule is CC(=O)c1cc2c(cc1NC(=O)c1cccc(S(=O)(=O)N3CCCCC3)c1)OCO2. The number of ketones is 1. The number of ether oxygens (including phenoxy) is 2. The number of amides is 1. The summed E-state index contributed by atoms with van der Waals surface area (Å²) in [5.41, 5.74) is 0.742. The van der Waals surface area contributed by atoms with Gasteiger partial charge in [-0.15, -0.1) is 0 Å². The summed E-state index contributed by atoms with van der Waals surface area (Å²) in [5, 5.41) is 2.69. The Bertz CT molecular complexity index is 1110. The van der Waals surface area contributed by atoms with E-state index in [2.05, 4.69) is 5.32 Å². The van der Waals surface area contributed by atoms with Gasteiger partial charge in [-0.3, -0.25) is 9.59 Å². The summed E-state index contributed by atoms with van der Waals surface area (Å²) in [6.07, 6.45) is 2.68. The summed E-state index contributed by atoms with van der Waals surface area (Å²) in [5.74, 6) is 0.0987. The van der Waals surface area contributed by atoms with E-state index in [4.69, 9.17) is 9.47 Å². The number of piperidine rings is 1. The van der Waals surface area contributed by atoms with Crippen LogP contribution in [0.2, 0.25) is 0 Å². The van der Waals surface area contributed by atoms with Gasteiger partial charge < -0.3 is 14.8 Å². The first-order valence-electron chi connectivity index (χ1n) is 9.72. The van der Waals surface area contributed by atoms with Gasteiger partial charge in [-0.25, -0.2) is 8.42 Å². The monoisotopic (exact) mass is 430 g/mol. The van der Waals surface area contributed by atoms with Gasteiger partial charge in [0.2, 0.25) is 16.8 Å². The maximum Gasteiger partial charge on any atom is 0.255 e. The number of anilines is 1. The zero-order valence-corrected chi connectivity index (χ0v) is 17.3. The number of hydrogen-bond acceptors (Lipinski definition) is 6. The van der Waals surface area contributed by atoms with Gasteiger partial charge in [0.15, 0.2) is 17.3 Å². The van der Waals surface area contributed by atoms with E-state index in [9.17, 15) is 18.0 Å². The molecule has 2 aliphatic heterocycles. The molecule has 2 aromatic carbocycles. The number of carbonyl (C=O) groups excluding carboxylic acids is 2. The smallest absolute Gasteiger partial charge is 0.255 e. The Morgan fingerprint density at radius 3 is 2.40 bits per heavy atom. The Kier molecular flexibility index (Phi) is 5.48. The fraction of sp³-hybridized carbons (Fsp3) is 0.333. The first-order chi connectivity index (χ1) is 14.4. The van der Waals surface area contributed by atoms with Crippen LogP contribution in [-0.2, 0) is 10.0 Å². The number of nitrogens with zero attached hydrogens (tertiary/aromatic N) is 1. The molecule has 1 saturated heterocycles. The highest BCUT2D eigenvalue weighted by molar-refractivity contribution is 7.89. The molecule has 2 aliphatic rings. The lowest BCUT2D eigenvalue weighted by Gasteiger charge is -2.26. The van der Waals surface area contributed by atoms with Crippen molar-refractivity contribution < 1.29 is 27.5 Å². The number of nitrogens with one attached hydrogen (secondary N) is 1. The molecule has 0 aliphatic carbocycles. The van der Waals surface area contributed by atoms with Crippen LogP contribution >= 0.6 is 0 Å². The summed E-state index contributed by atoms with van der Waals surface area (Å²) >= 11 is 0. The fourth-order valence-corrected chi connectivity index (χ4v) is 5.15. The predicted octanol–water partition coefficient (Wildman–Crippen LogP) is 3.04. The molecule has 2 aromatic rings. The van der Waals surface area contributed by atoms with Crippen LogP contribution in [0, 0.1) is 0 Å². The maximum absolute atomic E-state index is 12.9. The highest BCUT2D eigenvalue weighted by Gasteiger charge is 2.27. The van der Waals surface area contributed by atoms with Gasteiger partial charge >= 0.3 is 0 Å². The molecule has 0 atom stereocenters. The summed E-state index contributed by atoms with van der Waals surface area (Å²) in [4.78, 5) is 24.9. The lowest BCUT2D eigenvalue weighted by Crippen LogP contribution is -2.35. The van der Waals surface area contributed by atoms with E-state index < -0.39 is 15.9 Å².